The van der Waals surface area contributed by atoms with Gasteiger partial charge in [0.05, 0.1) is 11.4 Å². The summed E-state index contributed by atoms with van der Waals surface area (Å²) in [6.45, 7) is 0.223. The topological polar surface area (TPSA) is 38.1 Å². The molecule has 0 bridgehead atoms. The molecular weight excluding hydrogens is 294 g/mol. The number of hydrogen-bond acceptors (Lipinski definition) is 3. The normalized spacial score (nSPS) is 12.6. The van der Waals surface area contributed by atoms with Crippen LogP contribution < -0.4 is 4.90 Å². The zero-order valence-electron chi connectivity index (χ0n) is 11.7. The molecule has 4 nitrogen and oxygen atoms in total. The summed E-state index contributed by atoms with van der Waals surface area (Å²) in [4.78, 5) is 16.8. The fraction of sp³-hybridized carbons (Fsp3) is 0.0588. The summed E-state index contributed by atoms with van der Waals surface area (Å²) in [6.07, 6.45) is 3.48. The van der Waals surface area contributed by atoms with Crippen molar-refractivity contribution in [2.24, 2.45) is 0 Å². The molecule has 0 unspecified atom stereocenters. The Morgan fingerprint density at radius 2 is 1.59 bits per heavy atom. The van der Waals surface area contributed by atoms with Crippen molar-refractivity contribution in [2.75, 3.05) is 4.90 Å². The number of carbonyl (C=O) groups is 1. The minimum atomic E-state index is 0.00361. The summed E-state index contributed by atoms with van der Waals surface area (Å²) in [6, 6.07) is 17.8. The van der Waals surface area contributed by atoms with E-state index in [0.29, 0.717) is 0 Å². The Labute approximate surface area is 132 Å². The van der Waals surface area contributed by atoms with Crippen LogP contribution in [0.15, 0.2) is 76.8 Å². The fourth-order valence-electron chi connectivity index (χ4n) is 2.58. The maximum absolute atomic E-state index is 12.8. The second kappa shape index (κ2) is 5.35. The number of aromatic nitrogens is 2. The highest BCUT2D eigenvalue weighted by Gasteiger charge is 2.27. The largest absolute Gasteiger partial charge is 0.277 e. The van der Waals surface area contributed by atoms with E-state index >= 15 is 0 Å². The van der Waals surface area contributed by atoms with E-state index in [1.165, 1.54) is 0 Å². The summed E-state index contributed by atoms with van der Waals surface area (Å²) in [5.74, 6) is 0.00361. The fourth-order valence-corrected chi connectivity index (χ4v) is 3.63. The van der Waals surface area contributed by atoms with Crippen LogP contribution in [-0.2, 0) is 11.3 Å². The van der Waals surface area contributed by atoms with Crippen LogP contribution >= 0.6 is 11.8 Å². The summed E-state index contributed by atoms with van der Waals surface area (Å²) in [5.41, 5.74) is 1.87. The van der Waals surface area contributed by atoms with Crippen LogP contribution in [0, 0.1) is 0 Å². The molecule has 0 atom stereocenters. The van der Waals surface area contributed by atoms with Crippen molar-refractivity contribution in [3.05, 3.63) is 67.0 Å². The number of hydrogen-bond donors (Lipinski definition) is 0. The second-order valence-corrected chi connectivity index (χ2v) is 6.05. The Hall–Kier alpha value is -2.53. The van der Waals surface area contributed by atoms with Gasteiger partial charge in [-0.25, -0.2) is 0 Å². The molecule has 108 valence electrons. The lowest BCUT2D eigenvalue weighted by Gasteiger charge is -2.31. The summed E-state index contributed by atoms with van der Waals surface area (Å²) in [5, 5.41) is 4.13. The van der Waals surface area contributed by atoms with Gasteiger partial charge in [0.2, 0.25) is 0 Å². The van der Waals surface area contributed by atoms with Crippen LogP contribution in [0.3, 0.4) is 0 Å². The van der Waals surface area contributed by atoms with Crippen LogP contribution in [0.2, 0.25) is 0 Å². The average Bonchev–Trinajstić information content (AvgIpc) is 3.05. The molecule has 1 aliphatic heterocycles. The maximum Gasteiger partial charge on any atom is 0.253 e. The van der Waals surface area contributed by atoms with Crippen molar-refractivity contribution >= 4 is 29.0 Å². The van der Waals surface area contributed by atoms with Crippen molar-refractivity contribution in [2.45, 2.75) is 16.3 Å². The highest BCUT2D eigenvalue weighted by Crippen LogP contribution is 2.47. The highest BCUT2D eigenvalue weighted by atomic mass is 32.2. The van der Waals surface area contributed by atoms with Gasteiger partial charge >= 0.3 is 0 Å². The van der Waals surface area contributed by atoms with Gasteiger partial charge in [0.1, 0.15) is 6.54 Å². The molecule has 5 heteroatoms. The number of rotatable bonds is 2. The molecule has 1 amide bonds. The first-order valence-corrected chi connectivity index (χ1v) is 7.81. The number of benzene rings is 2. The Morgan fingerprint density at radius 1 is 0.955 bits per heavy atom. The van der Waals surface area contributed by atoms with Gasteiger partial charge in [-0.1, -0.05) is 36.0 Å². The molecule has 4 rings (SSSR count). The van der Waals surface area contributed by atoms with E-state index < -0.39 is 0 Å². The van der Waals surface area contributed by atoms with Gasteiger partial charge in [0, 0.05) is 22.2 Å². The number of nitrogens with zero attached hydrogens (tertiary/aromatic N) is 3. The van der Waals surface area contributed by atoms with E-state index in [4.69, 9.17) is 0 Å². The zero-order valence-corrected chi connectivity index (χ0v) is 12.5. The number of anilines is 2. The SMILES string of the molecule is O=C(Cn1cccn1)N1c2ccccc2Sc2ccccc21. The first-order valence-electron chi connectivity index (χ1n) is 6.99. The van der Waals surface area contributed by atoms with Crippen molar-refractivity contribution in [3.8, 4) is 0 Å². The molecular formula is C17H13N3OS. The monoisotopic (exact) mass is 307 g/mol. The third-order valence-electron chi connectivity index (χ3n) is 3.54. The number of fused-ring (bicyclic) bond motifs is 2. The minimum absolute atomic E-state index is 0.00361. The molecule has 0 saturated heterocycles. The third kappa shape index (κ3) is 2.19. The minimum Gasteiger partial charge on any atom is -0.277 e. The van der Waals surface area contributed by atoms with E-state index in [0.717, 1.165) is 21.2 Å². The molecule has 0 fully saturated rings. The Kier molecular flexibility index (Phi) is 3.20. The molecule has 0 aliphatic carbocycles. The van der Waals surface area contributed by atoms with E-state index in [2.05, 4.69) is 5.10 Å². The van der Waals surface area contributed by atoms with Crippen LogP contribution in [0.25, 0.3) is 0 Å². The average molecular weight is 307 g/mol. The number of carbonyl (C=O) groups excluding carboxylic acids is 1. The maximum atomic E-state index is 12.8. The van der Waals surface area contributed by atoms with Gasteiger partial charge < -0.3 is 0 Å². The summed E-state index contributed by atoms with van der Waals surface area (Å²) in [7, 11) is 0. The Bertz CT molecular complexity index is 784. The van der Waals surface area contributed by atoms with Gasteiger partial charge in [0.15, 0.2) is 0 Å². The van der Waals surface area contributed by atoms with Gasteiger partial charge in [0.25, 0.3) is 5.91 Å². The van der Waals surface area contributed by atoms with Crippen LogP contribution in [0.1, 0.15) is 0 Å². The first kappa shape index (κ1) is 13.2. The van der Waals surface area contributed by atoms with Crippen molar-refractivity contribution in [1.29, 1.82) is 0 Å². The third-order valence-corrected chi connectivity index (χ3v) is 4.67. The van der Waals surface area contributed by atoms with Gasteiger partial charge in [-0.05, 0) is 30.3 Å². The van der Waals surface area contributed by atoms with Crippen LogP contribution in [-0.4, -0.2) is 15.7 Å². The molecule has 1 aromatic heterocycles. The lowest BCUT2D eigenvalue weighted by molar-refractivity contribution is -0.118. The molecule has 2 aromatic carbocycles. The number of amides is 1. The van der Waals surface area contributed by atoms with E-state index in [-0.39, 0.29) is 12.5 Å². The van der Waals surface area contributed by atoms with Crippen molar-refractivity contribution < 1.29 is 4.79 Å². The van der Waals surface area contributed by atoms with E-state index in [1.807, 2.05) is 54.6 Å². The molecule has 0 radical (unpaired) electrons. The van der Waals surface area contributed by atoms with E-state index in [1.54, 1.807) is 33.7 Å². The zero-order chi connectivity index (χ0) is 14.9. The summed E-state index contributed by atoms with van der Waals surface area (Å²) >= 11 is 1.70. The molecule has 0 N–H and O–H groups in total. The van der Waals surface area contributed by atoms with E-state index in [9.17, 15) is 4.79 Å². The van der Waals surface area contributed by atoms with Gasteiger partial charge in [-0.2, -0.15) is 5.10 Å². The predicted molar refractivity (Wildman–Crippen MR) is 86.4 cm³/mol. The second-order valence-electron chi connectivity index (χ2n) is 4.97. The van der Waals surface area contributed by atoms with Crippen molar-refractivity contribution in [3.63, 3.8) is 0 Å². The van der Waals surface area contributed by atoms with Crippen molar-refractivity contribution in [1.82, 2.24) is 9.78 Å². The Balaban J connectivity index is 1.79. The van der Waals surface area contributed by atoms with Crippen LogP contribution in [0.4, 0.5) is 11.4 Å². The van der Waals surface area contributed by atoms with Crippen LogP contribution in [0.5, 0.6) is 0 Å². The standard InChI is InChI=1S/C17H13N3OS/c21-17(12-19-11-5-10-18-19)20-13-6-1-3-8-15(13)22-16-9-4-2-7-14(16)20/h1-11H,12H2. The van der Waals surface area contributed by atoms with Gasteiger partial charge in [-0.3, -0.25) is 14.4 Å². The molecule has 0 spiro atoms. The molecule has 2 heterocycles. The lowest BCUT2D eigenvalue weighted by Crippen LogP contribution is -2.31. The number of para-hydroxylation sites is 2. The molecule has 22 heavy (non-hydrogen) atoms. The molecule has 3 aromatic rings. The molecule has 0 saturated carbocycles. The lowest BCUT2D eigenvalue weighted by atomic mass is 10.2. The predicted octanol–water partition coefficient (Wildman–Crippen LogP) is 3.71. The Morgan fingerprint density at radius 3 is 2.18 bits per heavy atom. The highest BCUT2D eigenvalue weighted by molar-refractivity contribution is 7.99. The molecule has 1 aliphatic rings. The first-order chi connectivity index (χ1) is 10.8. The summed E-state index contributed by atoms with van der Waals surface area (Å²) < 4.78 is 1.65. The van der Waals surface area contributed by atoms with Gasteiger partial charge in [-0.15, -0.1) is 0 Å². The smallest absolute Gasteiger partial charge is 0.253 e. The quantitative estimate of drug-likeness (QED) is 0.724.